The molecule has 0 saturated carbocycles. The normalized spacial score (nSPS) is 17.0. The van der Waals surface area contributed by atoms with Crippen LogP contribution in [-0.2, 0) is 19.2 Å². The Morgan fingerprint density at radius 2 is 0.966 bits per heavy atom. The van der Waals surface area contributed by atoms with Gasteiger partial charge in [-0.05, 0) is 48.5 Å². The summed E-state index contributed by atoms with van der Waals surface area (Å²) in [5.74, 6) is -0.404. The number of hydrogen-bond donors (Lipinski definition) is 0. The van der Waals surface area contributed by atoms with E-state index in [1.807, 2.05) is 0 Å². The quantitative estimate of drug-likeness (QED) is 0.594. The topological polar surface area (TPSA) is 84.0 Å². The van der Waals surface area contributed by atoms with Crippen molar-refractivity contribution in [2.75, 3.05) is 9.80 Å². The van der Waals surface area contributed by atoms with Crippen LogP contribution in [-0.4, -0.2) is 23.6 Å². The van der Waals surface area contributed by atoms with Crippen LogP contribution in [0.4, 0.5) is 11.4 Å². The Hall–Kier alpha value is -4.00. The van der Waals surface area contributed by atoms with Gasteiger partial charge in [-0.1, -0.05) is 13.2 Å². The highest BCUT2D eigenvalue weighted by atomic mass is 16.5. The molecule has 29 heavy (non-hydrogen) atoms. The number of carbonyl (C=O) groups excluding carboxylic acids is 4. The van der Waals surface area contributed by atoms with Gasteiger partial charge in [0.05, 0.1) is 24.2 Å². The molecular weight excluding hydrogens is 372 g/mol. The molecule has 4 amide bonds. The number of ether oxygens (including phenoxy) is 1. The highest BCUT2D eigenvalue weighted by molar-refractivity contribution is 6.28. The molecule has 7 heteroatoms. The lowest BCUT2D eigenvalue weighted by Crippen LogP contribution is -2.28. The van der Waals surface area contributed by atoms with Crippen molar-refractivity contribution in [2.45, 2.75) is 12.8 Å². The third-order valence-corrected chi connectivity index (χ3v) is 4.66. The van der Waals surface area contributed by atoms with Gasteiger partial charge < -0.3 is 4.74 Å². The molecule has 2 fully saturated rings. The van der Waals surface area contributed by atoms with Gasteiger partial charge in [-0.2, -0.15) is 0 Å². The van der Waals surface area contributed by atoms with Crippen LogP contribution >= 0.6 is 0 Å². The summed E-state index contributed by atoms with van der Waals surface area (Å²) in [6, 6.07) is 13.0. The maximum absolute atomic E-state index is 12.0. The zero-order chi connectivity index (χ0) is 20.7. The summed E-state index contributed by atoms with van der Waals surface area (Å²) in [5.41, 5.74) is 1.45. The van der Waals surface area contributed by atoms with Gasteiger partial charge in [0.25, 0.3) is 11.8 Å². The average molecular weight is 388 g/mol. The van der Waals surface area contributed by atoms with E-state index in [2.05, 4.69) is 13.2 Å². The van der Waals surface area contributed by atoms with Gasteiger partial charge in [0.1, 0.15) is 11.5 Å². The molecular formula is C22H16N2O5. The first-order valence-corrected chi connectivity index (χ1v) is 8.83. The zero-order valence-corrected chi connectivity index (χ0v) is 15.4. The van der Waals surface area contributed by atoms with Crippen LogP contribution in [0.1, 0.15) is 12.8 Å². The lowest BCUT2D eigenvalue weighted by atomic mass is 10.2. The summed E-state index contributed by atoms with van der Waals surface area (Å²) in [5, 5.41) is 0. The van der Waals surface area contributed by atoms with E-state index < -0.39 is 11.8 Å². The second-order valence-electron chi connectivity index (χ2n) is 6.72. The molecule has 0 bridgehead atoms. The minimum absolute atomic E-state index is 0.0266. The largest absolute Gasteiger partial charge is 0.457 e. The number of imide groups is 2. The monoisotopic (exact) mass is 388 g/mol. The Bertz CT molecular complexity index is 996. The van der Waals surface area contributed by atoms with Crippen molar-refractivity contribution < 1.29 is 23.9 Å². The molecule has 2 aromatic rings. The van der Waals surface area contributed by atoms with Gasteiger partial charge >= 0.3 is 0 Å². The number of nitrogens with zero attached hydrogens (tertiary/aromatic N) is 2. The molecule has 7 nitrogen and oxygen atoms in total. The highest BCUT2D eigenvalue weighted by Gasteiger charge is 2.34. The smallest absolute Gasteiger partial charge is 0.260 e. The third kappa shape index (κ3) is 3.23. The number of benzene rings is 2. The second kappa shape index (κ2) is 6.87. The number of hydrogen-bond acceptors (Lipinski definition) is 5. The van der Waals surface area contributed by atoms with E-state index in [1.54, 1.807) is 48.5 Å². The number of rotatable bonds is 4. The molecule has 4 rings (SSSR count). The zero-order valence-electron chi connectivity index (χ0n) is 15.4. The summed E-state index contributed by atoms with van der Waals surface area (Å²) in [4.78, 5) is 50.1. The molecule has 0 N–H and O–H groups in total. The van der Waals surface area contributed by atoms with Crippen LogP contribution < -0.4 is 14.5 Å². The Morgan fingerprint density at radius 1 is 0.621 bits per heavy atom. The Balaban J connectivity index is 1.47. The molecule has 2 aromatic carbocycles. The van der Waals surface area contributed by atoms with Crippen LogP contribution in [0.2, 0.25) is 0 Å². The standard InChI is InChI=1S/C22H16N2O5/c1-13-11-19(25)23(21(13)27)15-3-7-17(8-4-15)29-18-9-5-16(6-10-18)24-20(26)12-14(2)22(24)28/h3-10H,1-2,11-12H2. The molecule has 144 valence electrons. The molecule has 0 atom stereocenters. The fraction of sp³-hybridized carbons (Fsp3) is 0.0909. The van der Waals surface area contributed by atoms with Crippen molar-refractivity contribution in [3.8, 4) is 11.5 Å². The maximum Gasteiger partial charge on any atom is 0.260 e. The van der Waals surface area contributed by atoms with E-state index in [9.17, 15) is 19.2 Å². The van der Waals surface area contributed by atoms with E-state index in [1.165, 1.54) is 0 Å². The van der Waals surface area contributed by atoms with Crippen molar-refractivity contribution >= 4 is 35.0 Å². The van der Waals surface area contributed by atoms with E-state index in [4.69, 9.17) is 4.74 Å². The second-order valence-corrected chi connectivity index (χ2v) is 6.72. The summed E-state index contributed by atoms with van der Waals surface area (Å²) in [6.07, 6.45) is 0.0532. The van der Waals surface area contributed by atoms with Gasteiger partial charge in [-0.3, -0.25) is 19.2 Å². The van der Waals surface area contributed by atoms with Crippen LogP contribution in [0, 0.1) is 0 Å². The molecule has 0 radical (unpaired) electrons. The SMILES string of the molecule is C=C1CC(=O)N(c2ccc(Oc3ccc(N4C(=O)CC(=C)C4=O)cc3)cc2)C1=O. The average Bonchev–Trinajstić information content (AvgIpc) is 3.10. The van der Waals surface area contributed by atoms with Crippen LogP contribution in [0.3, 0.4) is 0 Å². The molecule has 0 unspecified atom stereocenters. The predicted molar refractivity (Wildman–Crippen MR) is 105 cm³/mol. The lowest BCUT2D eigenvalue weighted by Gasteiger charge is -2.15. The van der Waals surface area contributed by atoms with Gasteiger partial charge in [-0.25, -0.2) is 9.80 Å². The Morgan fingerprint density at radius 3 is 1.24 bits per heavy atom. The number of amides is 4. The molecule has 0 aliphatic carbocycles. The predicted octanol–water partition coefficient (Wildman–Crippen LogP) is 3.12. The fourth-order valence-electron chi connectivity index (χ4n) is 3.20. The molecule has 2 aliphatic heterocycles. The molecule has 2 heterocycles. The van der Waals surface area contributed by atoms with Crippen LogP contribution in [0.5, 0.6) is 11.5 Å². The summed E-state index contributed by atoms with van der Waals surface area (Å²) < 4.78 is 5.75. The maximum atomic E-state index is 12.0. The number of anilines is 2. The molecule has 0 aromatic heterocycles. The van der Waals surface area contributed by atoms with Crippen molar-refractivity contribution in [1.29, 1.82) is 0 Å². The Labute approximate surface area is 166 Å². The van der Waals surface area contributed by atoms with Gasteiger partial charge in [0.2, 0.25) is 11.8 Å². The van der Waals surface area contributed by atoms with Crippen molar-refractivity contribution in [3.63, 3.8) is 0 Å². The van der Waals surface area contributed by atoms with Crippen LogP contribution in [0.25, 0.3) is 0 Å². The third-order valence-electron chi connectivity index (χ3n) is 4.66. The highest BCUT2D eigenvalue weighted by Crippen LogP contribution is 2.31. The van der Waals surface area contributed by atoms with Gasteiger partial charge in [-0.15, -0.1) is 0 Å². The molecule has 0 spiro atoms. The van der Waals surface area contributed by atoms with E-state index in [0.29, 0.717) is 22.9 Å². The van der Waals surface area contributed by atoms with E-state index >= 15 is 0 Å². The number of carbonyl (C=O) groups is 4. The summed E-state index contributed by atoms with van der Waals surface area (Å²) in [6.45, 7) is 7.19. The van der Waals surface area contributed by atoms with E-state index in [-0.39, 0.29) is 35.8 Å². The first-order valence-electron chi connectivity index (χ1n) is 8.83. The van der Waals surface area contributed by atoms with Crippen LogP contribution in [0.15, 0.2) is 72.8 Å². The lowest BCUT2D eigenvalue weighted by molar-refractivity contribution is -0.122. The molecule has 2 aliphatic rings. The van der Waals surface area contributed by atoms with Gasteiger partial charge in [0, 0.05) is 11.1 Å². The fourth-order valence-corrected chi connectivity index (χ4v) is 3.20. The molecule has 2 saturated heterocycles. The van der Waals surface area contributed by atoms with Crippen molar-refractivity contribution in [1.82, 2.24) is 0 Å². The minimum atomic E-state index is -0.395. The first kappa shape index (κ1) is 18.4. The van der Waals surface area contributed by atoms with E-state index in [0.717, 1.165) is 9.80 Å². The summed E-state index contributed by atoms with van der Waals surface area (Å²) >= 11 is 0. The first-order chi connectivity index (χ1) is 13.8. The minimum Gasteiger partial charge on any atom is -0.457 e. The van der Waals surface area contributed by atoms with Gasteiger partial charge in [0.15, 0.2) is 0 Å². The van der Waals surface area contributed by atoms with Crippen molar-refractivity contribution in [2.24, 2.45) is 0 Å². The Kier molecular flexibility index (Phi) is 4.35. The van der Waals surface area contributed by atoms with Crippen molar-refractivity contribution in [3.05, 3.63) is 72.8 Å². The summed E-state index contributed by atoms with van der Waals surface area (Å²) in [7, 11) is 0.